The molecule has 0 saturated carbocycles. The summed E-state index contributed by atoms with van der Waals surface area (Å²) in [6.45, 7) is 7.87. The van der Waals surface area contributed by atoms with Gasteiger partial charge in [0.15, 0.2) is 0 Å². The van der Waals surface area contributed by atoms with Crippen LogP contribution in [-0.2, 0) is 33.3 Å². The lowest BCUT2D eigenvalue weighted by atomic mass is 10.00. The first kappa shape index (κ1) is 32.3. The van der Waals surface area contributed by atoms with Crippen molar-refractivity contribution in [1.82, 2.24) is 15.3 Å². The average molecular weight is 610 g/mol. The van der Waals surface area contributed by atoms with Crippen molar-refractivity contribution in [3.05, 3.63) is 54.4 Å². The first-order chi connectivity index (χ1) is 21.2. The van der Waals surface area contributed by atoms with Crippen LogP contribution in [0.15, 0.2) is 48.8 Å². The highest BCUT2D eigenvalue weighted by atomic mass is 16.7. The van der Waals surface area contributed by atoms with Crippen LogP contribution in [-0.4, -0.2) is 86.1 Å². The van der Waals surface area contributed by atoms with Crippen LogP contribution < -0.4 is 15.1 Å². The summed E-state index contributed by atoms with van der Waals surface area (Å²) in [7, 11) is 1.21. The van der Waals surface area contributed by atoms with E-state index >= 15 is 0 Å². The van der Waals surface area contributed by atoms with E-state index < -0.39 is 42.0 Å². The molecule has 1 aliphatic heterocycles. The molecular weight excluding hydrogens is 570 g/mol. The summed E-state index contributed by atoms with van der Waals surface area (Å²) >= 11 is 0. The Kier molecular flexibility index (Phi) is 10.8. The Morgan fingerprint density at radius 2 is 1.84 bits per heavy atom. The van der Waals surface area contributed by atoms with Gasteiger partial charge in [-0.3, -0.25) is 19.3 Å². The number of fused-ring (bicyclic) bond motifs is 1. The minimum absolute atomic E-state index is 0.0563. The summed E-state index contributed by atoms with van der Waals surface area (Å²) in [4.78, 5) is 63.2. The van der Waals surface area contributed by atoms with Crippen LogP contribution in [0.5, 0.6) is 0 Å². The van der Waals surface area contributed by atoms with E-state index in [9.17, 15) is 19.2 Å². The number of hydrogen-bond donors (Lipinski definition) is 2. The minimum atomic E-state index is -1.20. The molecule has 236 valence electrons. The maximum Gasteiger partial charge on any atom is 0.508 e. The molecule has 1 fully saturated rings. The van der Waals surface area contributed by atoms with E-state index in [1.165, 1.54) is 18.3 Å². The van der Waals surface area contributed by atoms with Crippen LogP contribution in [0, 0.1) is 0 Å². The molecule has 3 aromatic rings. The Morgan fingerprint density at radius 3 is 2.50 bits per heavy atom. The molecule has 44 heavy (non-hydrogen) atoms. The number of morpholine rings is 1. The lowest BCUT2D eigenvalue weighted by Gasteiger charge is -2.34. The number of benzene rings is 2. The van der Waals surface area contributed by atoms with Crippen LogP contribution in [0.3, 0.4) is 0 Å². The van der Waals surface area contributed by atoms with Crippen molar-refractivity contribution in [3.63, 3.8) is 0 Å². The number of imidazole rings is 1. The van der Waals surface area contributed by atoms with E-state index in [1.54, 1.807) is 44.2 Å². The van der Waals surface area contributed by atoms with Gasteiger partial charge in [-0.2, -0.15) is 0 Å². The molecule has 2 amide bonds. The second kappa shape index (κ2) is 14.7. The second-order valence-corrected chi connectivity index (χ2v) is 10.5. The fourth-order valence-electron chi connectivity index (χ4n) is 4.88. The molecule has 0 aliphatic carbocycles. The molecule has 13 heteroatoms. The average Bonchev–Trinajstić information content (AvgIpc) is 3.51. The van der Waals surface area contributed by atoms with Crippen molar-refractivity contribution >= 4 is 46.3 Å². The van der Waals surface area contributed by atoms with Crippen LogP contribution in [0.2, 0.25) is 0 Å². The quantitative estimate of drug-likeness (QED) is 0.231. The maximum atomic E-state index is 14.2. The van der Waals surface area contributed by atoms with Gasteiger partial charge in [0, 0.05) is 24.5 Å². The minimum Gasteiger partial charge on any atom is -0.466 e. The van der Waals surface area contributed by atoms with Gasteiger partial charge in [-0.1, -0.05) is 19.1 Å². The summed E-state index contributed by atoms with van der Waals surface area (Å²) < 4.78 is 20.6. The summed E-state index contributed by atoms with van der Waals surface area (Å²) in [5, 5.41) is 2.87. The highest BCUT2D eigenvalue weighted by Crippen LogP contribution is 2.32. The Morgan fingerprint density at radius 1 is 1.11 bits per heavy atom. The Bertz CT molecular complexity index is 1450. The summed E-state index contributed by atoms with van der Waals surface area (Å²) in [6.07, 6.45) is 0.449. The topological polar surface area (TPSA) is 152 Å². The van der Waals surface area contributed by atoms with E-state index in [1.807, 2.05) is 19.1 Å². The zero-order valence-electron chi connectivity index (χ0n) is 25.5. The van der Waals surface area contributed by atoms with Gasteiger partial charge in [-0.15, -0.1) is 0 Å². The predicted molar refractivity (Wildman–Crippen MR) is 162 cm³/mol. The number of rotatable bonds is 12. The molecule has 2 heterocycles. The fourth-order valence-corrected chi connectivity index (χ4v) is 4.88. The number of nitrogens with one attached hydrogen (secondary N) is 2. The second-order valence-electron chi connectivity index (χ2n) is 10.5. The van der Waals surface area contributed by atoms with Gasteiger partial charge in [0.1, 0.15) is 18.1 Å². The van der Waals surface area contributed by atoms with E-state index in [4.69, 9.17) is 14.2 Å². The monoisotopic (exact) mass is 609 g/mol. The molecule has 1 aromatic heterocycles. The number of aromatic amines is 1. The van der Waals surface area contributed by atoms with Crippen molar-refractivity contribution in [1.29, 1.82) is 0 Å². The predicted octanol–water partition coefficient (Wildman–Crippen LogP) is 3.49. The summed E-state index contributed by atoms with van der Waals surface area (Å²) in [5.74, 6) is -1.89. The van der Waals surface area contributed by atoms with E-state index in [0.29, 0.717) is 41.9 Å². The third kappa shape index (κ3) is 7.84. The Hall–Kier alpha value is -4.65. The first-order valence-electron chi connectivity index (χ1n) is 14.6. The molecule has 0 bridgehead atoms. The molecule has 0 radical (unpaired) electrons. The number of esters is 1. The van der Waals surface area contributed by atoms with E-state index in [0.717, 1.165) is 18.8 Å². The van der Waals surface area contributed by atoms with Crippen LogP contribution >= 0.6 is 0 Å². The molecule has 2 N–H and O–H groups in total. The third-order valence-corrected chi connectivity index (χ3v) is 7.52. The Balaban J connectivity index is 1.75. The van der Waals surface area contributed by atoms with Gasteiger partial charge in [0.25, 0.3) is 0 Å². The molecule has 2 unspecified atom stereocenters. The highest BCUT2D eigenvalue weighted by molar-refractivity contribution is 6.08. The number of ether oxygens (including phenoxy) is 4. The number of hydrogen-bond acceptors (Lipinski definition) is 10. The molecule has 1 aliphatic rings. The van der Waals surface area contributed by atoms with Crippen LogP contribution in [0.25, 0.3) is 11.0 Å². The number of H-pyrrole nitrogens is 1. The van der Waals surface area contributed by atoms with Crippen LogP contribution in [0.1, 0.15) is 45.2 Å². The lowest BCUT2D eigenvalue weighted by Crippen LogP contribution is -2.49. The molecule has 0 spiro atoms. The largest absolute Gasteiger partial charge is 0.508 e. The van der Waals surface area contributed by atoms with Gasteiger partial charge >= 0.3 is 12.1 Å². The molecule has 2 atom stereocenters. The molecule has 4 rings (SSSR count). The highest BCUT2D eigenvalue weighted by Gasteiger charge is 2.36. The van der Waals surface area contributed by atoms with Gasteiger partial charge in [0.2, 0.25) is 11.8 Å². The number of nitrogens with zero attached hydrogens (tertiary/aromatic N) is 3. The molecule has 2 aromatic carbocycles. The number of methoxy groups -OCH3 is 1. The van der Waals surface area contributed by atoms with Gasteiger partial charge in [0.05, 0.1) is 50.8 Å². The zero-order chi connectivity index (χ0) is 31.7. The van der Waals surface area contributed by atoms with Gasteiger partial charge in [-0.05, 0) is 56.2 Å². The van der Waals surface area contributed by atoms with Crippen molar-refractivity contribution < 1.29 is 38.1 Å². The number of amides is 2. The zero-order valence-corrected chi connectivity index (χ0v) is 25.5. The van der Waals surface area contributed by atoms with Crippen molar-refractivity contribution in [2.75, 3.05) is 56.4 Å². The number of carbonyl (C=O) groups excluding carboxylic acids is 4. The van der Waals surface area contributed by atoms with E-state index in [-0.39, 0.29) is 13.2 Å². The van der Waals surface area contributed by atoms with Gasteiger partial charge < -0.3 is 34.1 Å². The normalized spacial score (nSPS) is 15.1. The maximum absolute atomic E-state index is 14.2. The van der Waals surface area contributed by atoms with Crippen LogP contribution in [0.4, 0.5) is 16.2 Å². The number of aromatic nitrogens is 2. The summed E-state index contributed by atoms with van der Waals surface area (Å²) in [6, 6.07) is 11.3. The Labute approximate surface area is 255 Å². The smallest absolute Gasteiger partial charge is 0.466 e. The lowest BCUT2D eigenvalue weighted by molar-refractivity contribution is -0.146. The number of carbonyl (C=O) groups is 4. The molecule has 13 nitrogen and oxygen atoms in total. The van der Waals surface area contributed by atoms with Crippen molar-refractivity contribution in [2.24, 2.45) is 0 Å². The molecule has 1 saturated heterocycles. The van der Waals surface area contributed by atoms with Crippen molar-refractivity contribution in [2.45, 2.75) is 45.3 Å². The third-order valence-electron chi connectivity index (χ3n) is 7.52. The number of anilines is 2. The fraction of sp³-hybridized carbons (Fsp3) is 0.452. The first-order valence-corrected chi connectivity index (χ1v) is 14.6. The van der Waals surface area contributed by atoms with Gasteiger partial charge in [-0.25, -0.2) is 9.78 Å². The SMILES string of the molecule is CCOC(=O)CC(=O)N(c1ccc2nc[nH]c2c1)C(C(=O)NCC(C)(CC)OC(=O)OC)c1ccc(N2CCOCC2)cc1. The summed E-state index contributed by atoms with van der Waals surface area (Å²) in [5.41, 5.74) is 2.06. The molecular formula is C31H39N5O8. The van der Waals surface area contributed by atoms with E-state index in [2.05, 4.69) is 24.9 Å². The standard InChI is InChI=1S/C31H39N5O8/c1-5-31(3,44-30(40)41-4)19-32-29(39)28(21-7-9-22(10-8-21)35-13-15-42-16-14-35)36(26(37)18-27(38)43-6-2)23-11-12-24-25(17-23)34-20-33-24/h7-12,17,20,28H,5-6,13-16,18-19H2,1-4H3,(H,32,39)(H,33,34). The van der Waals surface area contributed by atoms with Crippen molar-refractivity contribution in [3.8, 4) is 0 Å².